The fourth-order valence-electron chi connectivity index (χ4n) is 6.30. The van der Waals surface area contributed by atoms with Crippen LogP contribution in [0.25, 0.3) is 10.9 Å². The smallest absolute Gasteiger partial charge is 0.253 e. The normalized spacial score (nSPS) is 19.2. The summed E-state index contributed by atoms with van der Waals surface area (Å²) in [5.41, 5.74) is 4.67. The van der Waals surface area contributed by atoms with Crippen LogP contribution >= 0.6 is 0 Å². The standard InChI is InChI=1S/C30H37N7O2/c1-20-12-13-21(2)27-25(20)16-26(30(38)32-27)28(29-33-34-35-37(29)23-9-4-3-5-10-23)36(19-24-11-7-15-39-24)18-22-8-6-14-31-17-22/h6,8,12-14,16-17,23-24,28H,3-5,7,9-11,15,18-19H2,1-2H3,(H,32,38)/t24-,28-/m0/s1. The molecule has 1 saturated heterocycles. The number of hydrogen-bond donors (Lipinski definition) is 1. The molecule has 0 spiro atoms. The minimum atomic E-state index is -0.445. The molecule has 39 heavy (non-hydrogen) atoms. The van der Waals surface area contributed by atoms with Gasteiger partial charge in [0.05, 0.1) is 17.7 Å². The summed E-state index contributed by atoms with van der Waals surface area (Å²) in [5, 5.41) is 14.3. The number of nitrogens with one attached hydrogen (secondary N) is 1. The zero-order chi connectivity index (χ0) is 26.8. The maximum absolute atomic E-state index is 13.9. The second-order valence-corrected chi connectivity index (χ2v) is 11.1. The Morgan fingerprint density at radius 2 is 1.95 bits per heavy atom. The van der Waals surface area contributed by atoms with Crippen molar-refractivity contribution in [2.75, 3.05) is 13.2 Å². The van der Waals surface area contributed by atoms with Gasteiger partial charge < -0.3 is 9.72 Å². The molecular weight excluding hydrogens is 490 g/mol. The van der Waals surface area contributed by atoms with Crippen LogP contribution in [0.3, 0.4) is 0 Å². The highest BCUT2D eigenvalue weighted by Gasteiger charge is 2.35. The number of H-pyrrole nitrogens is 1. The van der Waals surface area contributed by atoms with Crippen molar-refractivity contribution in [1.82, 2.24) is 35.1 Å². The number of nitrogens with zero attached hydrogens (tertiary/aromatic N) is 6. The molecule has 1 aliphatic carbocycles. The summed E-state index contributed by atoms with van der Waals surface area (Å²) in [5.74, 6) is 0.721. The van der Waals surface area contributed by atoms with Crippen molar-refractivity contribution in [3.05, 3.63) is 81.2 Å². The Balaban J connectivity index is 1.52. The van der Waals surface area contributed by atoms with Gasteiger partial charge in [0.25, 0.3) is 5.56 Å². The van der Waals surface area contributed by atoms with E-state index in [1.54, 1.807) is 6.20 Å². The number of benzene rings is 1. The first-order chi connectivity index (χ1) is 19.1. The van der Waals surface area contributed by atoms with E-state index in [2.05, 4.69) is 61.6 Å². The van der Waals surface area contributed by atoms with Crippen LogP contribution in [-0.4, -0.2) is 54.3 Å². The van der Waals surface area contributed by atoms with E-state index in [1.807, 2.05) is 23.9 Å². The van der Waals surface area contributed by atoms with Gasteiger partial charge in [0.1, 0.15) is 6.04 Å². The van der Waals surface area contributed by atoms with Gasteiger partial charge in [-0.25, -0.2) is 4.68 Å². The van der Waals surface area contributed by atoms with Crippen LogP contribution in [0.1, 0.15) is 85.1 Å². The molecule has 0 radical (unpaired) electrons. The number of aryl methyl sites for hydroxylation is 2. The van der Waals surface area contributed by atoms with Crippen molar-refractivity contribution in [3.8, 4) is 0 Å². The number of rotatable bonds is 8. The lowest BCUT2D eigenvalue weighted by atomic mass is 9.94. The van der Waals surface area contributed by atoms with Gasteiger partial charge in [0, 0.05) is 43.0 Å². The summed E-state index contributed by atoms with van der Waals surface area (Å²) in [4.78, 5) is 23.8. The van der Waals surface area contributed by atoms with Crippen molar-refractivity contribution in [2.45, 2.75) is 83.5 Å². The lowest BCUT2D eigenvalue weighted by Gasteiger charge is -2.34. The molecule has 4 aromatic rings. The van der Waals surface area contributed by atoms with E-state index < -0.39 is 6.04 Å². The number of fused-ring (bicyclic) bond motifs is 1. The van der Waals surface area contributed by atoms with Gasteiger partial charge in [-0.15, -0.1) is 5.10 Å². The topological polar surface area (TPSA) is 102 Å². The molecule has 2 fully saturated rings. The molecule has 2 aliphatic rings. The molecule has 0 bridgehead atoms. The predicted octanol–water partition coefficient (Wildman–Crippen LogP) is 4.80. The van der Waals surface area contributed by atoms with Crippen LogP contribution in [0.4, 0.5) is 0 Å². The highest BCUT2D eigenvalue weighted by Crippen LogP contribution is 2.35. The third-order valence-corrected chi connectivity index (χ3v) is 8.39. The Bertz CT molecular complexity index is 1470. The monoisotopic (exact) mass is 527 g/mol. The first kappa shape index (κ1) is 25.8. The highest BCUT2D eigenvalue weighted by atomic mass is 16.5. The molecule has 9 heteroatoms. The Morgan fingerprint density at radius 1 is 1.10 bits per heavy atom. The number of ether oxygens (including phenoxy) is 1. The number of hydrogen-bond acceptors (Lipinski definition) is 7. The zero-order valence-electron chi connectivity index (χ0n) is 22.8. The minimum absolute atomic E-state index is 0.0895. The molecule has 4 heterocycles. The van der Waals surface area contributed by atoms with Crippen LogP contribution < -0.4 is 5.56 Å². The number of aromatic nitrogens is 6. The summed E-state index contributed by atoms with van der Waals surface area (Å²) in [6.07, 6.45) is 11.5. The van der Waals surface area contributed by atoms with Gasteiger partial charge in [0.15, 0.2) is 5.82 Å². The average Bonchev–Trinajstić information content (AvgIpc) is 3.65. The largest absolute Gasteiger partial charge is 0.377 e. The SMILES string of the molecule is Cc1ccc(C)c2[nH]c(=O)c([C@@H](c3nnnn3C3CCCCC3)N(Cc3cccnc3)C[C@@H]3CCCO3)cc12. The lowest BCUT2D eigenvalue weighted by molar-refractivity contribution is 0.0567. The maximum atomic E-state index is 13.9. The van der Waals surface area contributed by atoms with Crippen molar-refractivity contribution in [2.24, 2.45) is 0 Å². The average molecular weight is 528 g/mol. The molecule has 1 aliphatic heterocycles. The molecule has 204 valence electrons. The van der Waals surface area contributed by atoms with Crippen molar-refractivity contribution < 1.29 is 4.74 Å². The molecule has 6 rings (SSSR count). The molecule has 1 aromatic carbocycles. The second kappa shape index (κ2) is 11.4. The van der Waals surface area contributed by atoms with Crippen LogP contribution in [-0.2, 0) is 11.3 Å². The van der Waals surface area contributed by atoms with Gasteiger partial charge in [-0.1, -0.05) is 37.5 Å². The number of aromatic amines is 1. The van der Waals surface area contributed by atoms with Gasteiger partial charge in [0.2, 0.25) is 0 Å². The fraction of sp³-hybridized carbons (Fsp3) is 0.500. The molecule has 2 atom stereocenters. The Labute approximate surface area is 228 Å². The molecular formula is C30H37N7O2. The maximum Gasteiger partial charge on any atom is 0.253 e. The highest BCUT2D eigenvalue weighted by molar-refractivity contribution is 5.85. The van der Waals surface area contributed by atoms with Gasteiger partial charge in [-0.05, 0) is 78.8 Å². The number of pyridine rings is 2. The summed E-state index contributed by atoms with van der Waals surface area (Å²) in [6.45, 7) is 6.15. The Morgan fingerprint density at radius 3 is 2.72 bits per heavy atom. The van der Waals surface area contributed by atoms with Gasteiger partial charge >= 0.3 is 0 Å². The molecule has 0 unspecified atom stereocenters. The minimum Gasteiger partial charge on any atom is -0.377 e. The van der Waals surface area contributed by atoms with E-state index in [0.29, 0.717) is 18.7 Å². The predicted molar refractivity (Wildman–Crippen MR) is 149 cm³/mol. The summed E-state index contributed by atoms with van der Waals surface area (Å²) in [6, 6.07) is 10.1. The molecule has 0 amide bonds. The van der Waals surface area contributed by atoms with Gasteiger partial charge in [-0.2, -0.15) is 0 Å². The van der Waals surface area contributed by atoms with E-state index in [1.165, 1.54) is 19.3 Å². The van der Waals surface area contributed by atoms with Crippen LogP contribution in [0.2, 0.25) is 0 Å². The molecule has 1 saturated carbocycles. The number of tetrazole rings is 1. The van der Waals surface area contributed by atoms with E-state index in [4.69, 9.17) is 4.74 Å². The first-order valence-electron chi connectivity index (χ1n) is 14.2. The zero-order valence-corrected chi connectivity index (χ0v) is 22.8. The van der Waals surface area contributed by atoms with E-state index in [0.717, 1.165) is 65.7 Å². The lowest BCUT2D eigenvalue weighted by Crippen LogP contribution is -2.39. The Kier molecular flexibility index (Phi) is 7.52. The van der Waals surface area contributed by atoms with E-state index in [-0.39, 0.29) is 17.7 Å². The van der Waals surface area contributed by atoms with Crippen LogP contribution in [0.5, 0.6) is 0 Å². The van der Waals surface area contributed by atoms with Crippen molar-refractivity contribution >= 4 is 10.9 Å². The molecule has 9 nitrogen and oxygen atoms in total. The summed E-state index contributed by atoms with van der Waals surface area (Å²) < 4.78 is 8.11. The third kappa shape index (κ3) is 5.38. The van der Waals surface area contributed by atoms with Gasteiger partial charge in [-0.3, -0.25) is 14.7 Å². The molecule has 3 aromatic heterocycles. The van der Waals surface area contributed by atoms with Crippen molar-refractivity contribution in [1.29, 1.82) is 0 Å². The van der Waals surface area contributed by atoms with E-state index in [9.17, 15) is 4.79 Å². The second-order valence-electron chi connectivity index (χ2n) is 11.1. The van der Waals surface area contributed by atoms with Crippen LogP contribution in [0.15, 0.2) is 47.5 Å². The first-order valence-corrected chi connectivity index (χ1v) is 14.2. The van der Waals surface area contributed by atoms with Crippen LogP contribution in [0, 0.1) is 13.8 Å². The fourth-order valence-corrected chi connectivity index (χ4v) is 6.30. The third-order valence-electron chi connectivity index (χ3n) is 8.39. The molecule has 1 N–H and O–H groups in total. The summed E-state index contributed by atoms with van der Waals surface area (Å²) >= 11 is 0. The van der Waals surface area contributed by atoms with E-state index >= 15 is 0 Å². The van der Waals surface area contributed by atoms with Crippen molar-refractivity contribution in [3.63, 3.8) is 0 Å². The Hall–Kier alpha value is -3.43. The summed E-state index contributed by atoms with van der Waals surface area (Å²) in [7, 11) is 0. The quantitative estimate of drug-likeness (QED) is 0.351.